The molecule has 0 aliphatic rings. The predicted octanol–water partition coefficient (Wildman–Crippen LogP) is 0.980. The SMILES string of the molecule is C[C@@H](C(N)=O)N(c1ccc(Cl)cc1)S(C)(=O)=O. The summed E-state index contributed by atoms with van der Waals surface area (Å²) in [5.74, 6) is -0.717. The van der Waals surface area contributed by atoms with Gasteiger partial charge in [0, 0.05) is 5.02 Å². The molecule has 1 aromatic carbocycles. The van der Waals surface area contributed by atoms with Crippen LogP contribution in [0, 0.1) is 0 Å². The van der Waals surface area contributed by atoms with E-state index in [1.807, 2.05) is 0 Å². The molecule has 0 spiro atoms. The van der Waals surface area contributed by atoms with E-state index in [9.17, 15) is 13.2 Å². The van der Waals surface area contributed by atoms with Gasteiger partial charge in [-0.1, -0.05) is 11.6 Å². The first-order chi connectivity index (χ1) is 7.73. The zero-order valence-electron chi connectivity index (χ0n) is 9.42. The van der Waals surface area contributed by atoms with Crippen molar-refractivity contribution < 1.29 is 13.2 Å². The molecule has 0 radical (unpaired) electrons. The second-order valence-corrected chi connectivity index (χ2v) is 5.91. The minimum absolute atomic E-state index is 0.350. The Morgan fingerprint density at radius 3 is 2.18 bits per heavy atom. The first-order valence-corrected chi connectivity index (χ1v) is 7.00. The van der Waals surface area contributed by atoms with E-state index in [2.05, 4.69) is 0 Å². The summed E-state index contributed by atoms with van der Waals surface area (Å²) in [6.45, 7) is 1.43. The van der Waals surface area contributed by atoms with Gasteiger partial charge in [-0.2, -0.15) is 0 Å². The molecule has 0 saturated carbocycles. The van der Waals surface area contributed by atoms with Crippen LogP contribution in [0.3, 0.4) is 0 Å². The molecular formula is C10H13ClN2O3S. The zero-order chi connectivity index (χ0) is 13.2. The van der Waals surface area contributed by atoms with Crippen molar-refractivity contribution in [2.24, 2.45) is 5.73 Å². The minimum Gasteiger partial charge on any atom is -0.368 e. The van der Waals surface area contributed by atoms with Gasteiger partial charge in [-0.25, -0.2) is 8.42 Å². The number of halogens is 1. The number of benzene rings is 1. The molecule has 0 aliphatic carbocycles. The molecule has 0 heterocycles. The molecule has 17 heavy (non-hydrogen) atoms. The molecule has 0 fully saturated rings. The molecule has 5 nitrogen and oxygen atoms in total. The van der Waals surface area contributed by atoms with Crippen molar-refractivity contribution in [2.75, 3.05) is 10.6 Å². The lowest BCUT2D eigenvalue weighted by atomic mass is 10.2. The summed E-state index contributed by atoms with van der Waals surface area (Å²) in [4.78, 5) is 11.1. The number of carbonyl (C=O) groups excluding carboxylic acids is 1. The van der Waals surface area contributed by atoms with Gasteiger partial charge in [0.05, 0.1) is 11.9 Å². The highest BCUT2D eigenvalue weighted by atomic mass is 35.5. The van der Waals surface area contributed by atoms with Crippen LogP contribution in [0.2, 0.25) is 5.02 Å². The molecule has 0 unspecified atom stereocenters. The number of sulfonamides is 1. The van der Waals surface area contributed by atoms with Gasteiger partial charge in [0.2, 0.25) is 15.9 Å². The van der Waals surface area contributed by atoms with Crippen LogP contribution in [0.4, 0.5) is 5.69 Å². The number of hydrogen-bond donors (Lipinski definition) is 1. The predicted molar refractivity (Wildman–Crippen MR) is 67.4 cm³/mol. The van der Waals surface area contributed by atoms with E-state index in [0.29, 0.717) is 10.7 Å². The van der Waals surface area contributed by atoms with Crippen LogP contribution >= 0.6 is 11.6 Å². The van der Waals surface area contributed by atoms with Crippen molar-refractivity contribution >= 4 is 33.2 Å². The van der Waals surface area contributed by atoms with E-state index in [1.54, 1.807) is 12.1 Å². The minimum atomic E-state index is -3.59. The summed E-state index contributed by atoms with van der Waals surface area (Å²) in [6, 6.07) is 5.17. The number of amides is 1. The fraction of sp³-hybridized carbons (Fsp3) is 0.300. The lowest BCUT2D eigenvalue weighted by Crippen LogP contribution is -2.45. The molecule has 0 bridgehead atoms. The van der Waals surface area contributed by atoms with Crippen LogP contribution in [0.15, 0.2) is 24.3 Å². The number of primary amides is 1. The number of hydrogen-bond acceptors (Lipinski definition) is 3. The van der Waals surface area contributed by atoms with Gasteiger partial charge in [0.15, 0.2) is 0 Å². The Kier molecular flexibility index (Phi) is 4.00. The number of carbonyl (C=O) groups is 1. The van der Waals surface area contributed by atoms with Crippen molar-refractivity contribution in [1.82, 2.24) is 0 Å². The fourth-order valence-electron chi connectivity index (χ4n) is 1.41. The van der Waals surface area contributed by atoms with E-state index in [-0.39, 0.29) is 0 Å². The van der Waals surface area contributed by atoms with Crippen molar-refractivity contribution in [1.29, 1.82) is 0 Å². The van der Waals surface area contributed by atoms with Gasteiger partial charge in [-0.05, 0) is 31.2 Å². The number of nitrogens with two attached hydrogens (primary N) is 1. The standard InChI is InChI=1S/C10H13ClN2O3S/c1-7(10(12)14)13(17(2,15)16)9-5-3-8(11)4-6-9/h3-7H,1-2H3,(H2,12,14)/t7-/m0/s1. The second kappa shape index (κ2) is 4.93. The normalized spacial score (nSPS) is 13.1. The maximum absolute atomic E-state index is 11.6. The maximum atomic E-state index is 11.6. The molecule has 1 amide bonds. The van der Waals surface area contributed by atoms with Gasteiger partial charge in [-0.3, -0.25) is 9.10 Å². The molecule has 0 saturated heterocycles. The average molecular weight is 277 g/mol. The molecule has 0 aromatic heterocycles. The lowest BCUT2D eigenvalue weighted by molar-refractivity contribution is -0.118. The van der Waals surface area contributed by atoms with Crippen LogP contribution in [0.5, 0.6) is 0 Å². The third-order valence-corrected chi connectivity index (χ3v) is 3.70. The average Bonchev–Trinajstić information content (AvgIpc) is 2.19. The number of anilines is 1. The first-order valence-electron chi connectivity index (χ1n) is 4.78. The van der Waals surface area contributed by atoms with Crippen molar-refractivity contribution in [2.45, 2.75) is 13.0 Å². The molecule has 94 valence electrons. The van der Waals surface area contributed by atoms with Crippen molar-refractivity contribution in [3.63, 3.8) is 0 Å². The van der Waals surface area contributed by atoms with Crippen molar-refractivity contribution in [3.05, 3.63) is 29.3 Å². The van der Waals surface area contributed by atoms with E-state index < -0.39 is 22.0 Å². The van der Waals surface area contributed by atoms with Crippen LogP contribution in [-0.4, -0.2) is 26.6 Å². The summed E-state index contributed by atoms with van der Waals surface area (Å²) in [5, 5.41) is 0.480. The highest BCUT2D eigenvalue weighted by molar-refractivity contribution is 7.92. The van der Waals surface area contributed by atoms with Gasteiger partial charge >= 0.3 is 0 Å². The van der Waals surface area contributed by atoms with Crippen LogP contribution in [0.1, 0.15) is 6.92 Å². The number of nitrogens with zero attached hydrogens (tertiary/aromatic N) is 1. The Hall–Kier alpha value is -1.27. The summed E-state index contributed by atoms with van der Waals surface area (Å²) >= 11 is 5.71. The fourth-order valence-corrected chi connectivity index (χ4v) is 2.71. The first kappa shape index (κ1) is 13.8. The quantitative estimate of drug-likeness (QED) is 0.890. The Balaban J connectivity index is 3.25. The van der Waals surface area contributed by atoms with Crippen molar-refractivity contribution in [3.8, 4) is 0 Å². The molecule has 7 heteroatoms. The van der Waals surface area contributed by atoms with Gasteiger partial charge in [-0.15, -0.1) is 0 Å². The van der Waals surface area contributed by atoms with Gasteiger partial charge < -0.3 is 5.73 Å². The van der Waals surface area contributed by atoms with Crippen LogP contribution in [-0.2, 0) is 14.8 Å². The molecule has 1 aromatic rings. The van der Waals surface area contributed by atoms with E-state index >= 15 is 0 Å². The summed E-state index contributed by atoms with van der Waals surface area (Å²) < 4.78 is 24.3. The summed E-state index contributed by atoms with van der Waals surface area (Å²) in [7, 11) is -3.59. The third kappa shape index (κ3) is 3.34. The largest absolute Gasteiger partial charge is 0.368 e. The number of rotatable bonds is 4. The lowest BCUT2D eigenvalue weighted by Gasteiger charge is -2.26. The topological polar surface area (TPSA) is 80.5 Å². The maximum Gasteiger partial charge on any atom is 0.241 e. The third-order valence-electron chi connectivity index (χ3n) is 2.20. The monoisotopic (exact) mass is 276 g/mol. The Bertz CT molecular complexity index is 513. The smallest absolute Gasteiger partial charge is 0.241 e. The molecule has 0 aliphatic heterocycles. The highest BCUT2D eigenvalue weighted by Crippen LogP contribution is 2.22. The Morgan fingerprint density at radius 1 is 1.35 bits per heavy atom. The van der Waals surface area contributed by atoms with Crippen LogP contribution < -0.4 is 10.0 Å². The Morgan fingerprint density at radius 2 is 1.82 bits per heavy atom. The molecular weight excluding hydrogens is 264 g/mol. The zero-order valence-corrected chi connectivity index (χ0v) is 11.0. The second-order valence-electron chi connectivity index (χ2n) is 3.61. The van der Waals surface area contributed by atoms with E-state index in [0.717, 1.165) is 10.6 Å². The summed E-state index contributed by atoms with van der Waals surface area (Å²) in [6.07, 6.45) is 1.01. The van der Waals surface area contributed by atoms with Crippen LogP contribution in [0.25, 0.3) is 0 Å². The Labute approximate surface area is 105 Å². The molecule has 2 N–H and O–H groups in total. The van der Waals surface area contributed by atoms with E-state index in [1.165, 1.54) is 19.1 Å². The van der Waals surface area contributed by atoms with Gasteiger partial charge in [0.25, 0.3) is 0 Å². The van der Waals surface area contributed by atoms with E-state index in [4.69, 9.17) is 17.3 Å². The van der Waals surface area contributed by atoms with Gasteiger partial charge in [0.1, 0.15) is 6.04 Å². The molecule has 1 rings (SSSR count). The molecule has 1 atom stereocenters. The summed E-state index contributed by atoms with van der Waals surface area (Å²) in [5.41, 5.74) is 5.48. The highest BCUT2D eigenvalue weighted by Gasteiger charge is 2.27.